The molecule has 2 rings (SSSR count). The predicted octanol–water partition coefficient (Wildman–Crippen LogP) is 3.06. The molecule has 0 saturated carbocycles. The monoisotopic (exact) mass is 262 g/mol. The number of benzene rings is 1. The summed E-state index contributed by atoms with van der Waals surface area (Å²) in [5, 5.41) is 16.3. The smallest absolute Gasteiger partial charge is 0.121 e. The highest BCUT2D eigenvalue weighted by Gasteiger charge is 2.03. The third kappa shape index (κ3) is 3.09. The molecular weight excluding hydrogens is 244 g/mol. The first-order chi connectivity index (χ1) is 8.56. The predicted molar refractivity (Wildman–Crippen MR) is 75.0 cm³/mol. The van der Waals surface area contributed by atoms with Crippen molar-refractivity contribution < 1.29 is 5.11 Å². The van der Waals surface area contributed by atoms with E-state index in [2.05, 4.69) is 15.7 Å². The molecule has 2 aromatic rings. The van der Waals surface area contributed by atoms with Crippen LogP contribution in [-0.2, 0) is 13.1 Å². The van der Waals surface area contributed by atoms with Crippen LogP contribution in [-0.4, -0.2) is 10.1 Å². The Kier molecular flexibility index (Phi) is 3.99. The van der Waals surface area contributed by atoms with Crippen LogP contribution < -0.4 is 5.32 Å². The lowest BCUT2D eigenvalue weighted by atomic mass is 10.1. The van der Waals surface area contributed by atoms with Crippen LogP contribution >= 0.6 is 11.3 Å². The molecule has 1 aromatic carbocycles. The molecule has 18 heavy (non-hydrogen) atoms. The van der Waals surface area contributed by atoms with Gasteiger partial charge in [-0.1, -0.05) is 12.1 Å². The fraction of sp³-hybridized carbons (Fsp3) is 0.357. The molecule has 3 nitrogen and oxygen atoms in total. The molecule has 0 unspecified atom stereocenters. The van der Waals surface area contributed by atoms with Crippen molar-refractivity contribution in [2.45, 2.75) is 33.9 Å². The fourth-order valence-electron chi connectivity index (χ4n) is 1.97. The van der Waals surface area contributed by atoms with E-state index in [1.54, 1.807) is 11.3 Å². The Labute approximate surface area is 112 Å². The summed E-state index contributed by atoms with van der Waals surface area (Å²) >= 11 is 1.67. The SMILES string of the molecule is Cc1nc(CNCc2cc(C)c(O)c(C)c2)cs1. The zero-order valence-corrected chi connectivity index (χ0v) is 11.8. The van der Waals surface area contributed by atoms with E-state index in [1.165, 1.54) is 5.56 Å². The summed E-state index contributed by atoms with van der Waals surface area (Å²) in [6, 6.07) is 4.03. The molecule has 0 aliphatic rings. The first-order valence-electron chi connectivity index (χ1n) is 5.97. The Morgan fingerprint density at radius 1 is 1.17 bits per heavy atom. The second kappa shape index (κ2) is 5.50. The van der Waals surface area contributed by atoms with Gasteiger partial charge in [-0.25, -0.2) is 4.98 Å². The summed E-state index contributed by atoms with van der Waals surface area (Å²) in [7, 11) is 0. The number of phenolic OH excluding ortho intramolecular Hbond substituents is 1. The molecule has 0 bridgehead atoms. The van der Waals surface area contributed by atoms with Gasteiger partial charge in [-0.15, -0.1) is 11.3 Å². The third-order valence-electron chi connectivity index (χ3n) is 2.85. The average Bonchev–Trinajstić information content (AvgIpc) is 2.72. The van der Waals surface area contributed by atoms with E-state index in [4.69, 9.17) is 0 Å². The van der Waals surface area contributed by atoms with E-state index in [1.807, 2.05) is 32.9 Å². The van der Waals surface area contributed by atoms with Gasteiger partial charge in [0, 0.05) is 18.5 Å². The van der Waals surface area contributed by atoms with Crippen molar-refractivity contribution in [2.24, 2.45) is 0 Å². The van der Waals surface area contributed by atoms with E-state index in [9.17, 15) is 5.11 Å². The number of rotatable bonds is 4. The van der Waals surface area contributed by atoms with Crippen molar-refractivity contribution in [1.82, 2.24) is 10.3 Å². The molecule has 96 valence electrons. The maximum atomic E-state index is 9.71. The Morgan fingerprint density at radius 2 is 1.83 bits per heavy atom. The molecule has 4 heteroatoms. The number of phenols is 1. The summed E-state index contributed by atoms with van der Waals surface area (Å²) < 4.78 is 0. The summed E-state index contributed by atoms with van der Waals surface area (Å²) in [5.41, 5.74) is 4.13. The Hall–Kier alpha value is -1.39. The van der Waals surface area contributed by atoms with Crippen LogP contribution in [0.3, 0.4) is 0 Å². The van der Waals surface area contributed by atoms with Crippen LogP contribution in [0.4, 0.5) is 0 Å². The minimum absolute atomic E-state index is 0.397. The van der Waals surface area contributed by atoms with Crippen LogP contribution in [0.2, 0.25) is 0 Å². The number of aromatic hydroxyl groups is 1. The van der Waals surface area contributed by atoms with Crippen LogP contribution in [0.15, 0.2) is 17.5 Å². The minimum atomic E-state index is 0.397. The van der Waals surface area contributed by atoms with Gasteiger partial charge in [-0.05, 0) is 37.5 Å². The Balaban J connectivity index is 1.94. The van der Waals surface area contributed by atoms with Crippen molar-refractivity contribution in [2.75, 3.05) is 0 Å². The fourth-order valence-corrected chi connectivity index (χ4v) is 2.58. The second-order valence-corrected chi connectivity index (χ2v) is 5.60. The largest absolute Gasteiger partial charge is 0.507 e. The van der Waals surface area contributed by atoms with Crippen LogP contribution in [0.1, 0.15) is 27.4 Å². The van der Waals surface area contributed by atoms with Crippen molar-refractivity contribution in [3.05, 3.63) is 44.9 Å². The quantitative estimate of drug-likeness (QED) is 0.890. The van der Waals surface area contributed by atoms with Gasteiger partial charge in [0.05, 0.1) is 10.7 Å². The zero-order valence-electron chi connectivity index (χ0n) is 10.9. The Bertz CT molecular complexity index is 525. The topological polar surface area (TPSA) is 45.2 Å². The standard InChI is InChI=1S/C14H18N2OS/c1-9-4-12(5-10(2)14(9)17)6-15-7-13-8-18-11(3)16-13/h4-5,8,15,17H,6-7H2,1-3H3. The van der Waals surface area contributed by atoms with Gasteiger partial charge in [-0.3, -0.25) is 0 Å². The van der Waals surface area contributed by atoms with Crippen molar-refractivity contribution in [3.63, 3.8) is 0 Å². The lowest BCUT2D eigenvalue weighted by Gasteiger charge is -2.08. The number of thiazole rings is 1. The number of hydrogen-bond donors (Lipinski definition) is 2. The molecule has 0 radical (unpaired) electrons. The van der Waals surface area contributed by atoms with Crippen molar-refractivity contribution in [3.8, 4) is 5.75 Å². The number of nitrogens with one attached hydrogen (secondary N) is 1. The first-order valence-corrected chi connectivity index (χ1v) is 6.85. The van der Waals surface area contributed by atoms with Gasteiger partial charge < -0.3 is 10.4 Å². The number of hydrogen-bond acceptors (Lipinski definition) is 4. The highest BCUT2D eigenvalue weighted by Crippen LogP contribution is 2.22. The van der Waals surface area contributed by atoms with Gasteiger partial charge in [0.25, 0.3) is 0 Å². The minimum Gasteiger partial charge on any atom is -0.507 e. The molecule has 0 amide bonds. The lowest BCUT2D eigenvalue weighted by Crippen LogP contribution is -2.13. The molecule has 0 saturated heterocycles. The maximum absolute atomic E-state index is 9.71. The van der Waals surface area contributed by atoms with Crippen LogP contribution in [0.5, 0.6) is 5.75 Å². The van der Waals surface area contributed by atoms with Crippen LogP contribution in [0.25, 0.3) is 0 Å². The molecule has 2 N–H and O–H groups in total. The maximum Gasteiger partial charge on any atom is 0.121 e. The van der Waals surface area contributed by atoms with Gasteiger partial charge >= 0.3 is 0 Å². The normalized spacial score (nSPS) is 10.8. The van der Waals surface area contributed by atoms with E-state index < -0.39 is 0 Å². The van der Waals surface area contributed by atoms with Gasteiger partial charge in [0.2, 0.25) is 0 Å². The van der Waals surface area contributed by atoms with Gasteiger partial charge in [0.1, 0.15) is 5.75 Å². The zero-order chi connectivity index (χ0) is 13.1. The molecule has 1 heterocycles. The Morgan fingerprint density at radius 3 is 2.39 bits per heavy atom. The molecule has 0 aliphatic carbocycles. The van der Waals surface area contributed by atoms with E-state index in [0.29, 0.717) is 5.75 Å². The molecular formula is C14H18N2OS. The lowest BCUT2D eigenvalue weighted by molar-refractivity contribution is 0.466. The van der Waals surface area contributed by atoms with E-state index in [0.717, 1.165) is 34.9 Å². The second-order valence-electron chi connectivity index (χ2n) is 4.54. The number of nitrogens with zero attached hydrogens (tertiary/aromatic N) is 1. The summed E-state index contributed by atoms with van der Waals surface area (Å²) in [6.07, 6.45) is 0. The first kappa shape index (κ1) is 13.1. The van der Waals surface area contributed by atoms with Crippen molar-refractivity contribution in [1.29, 1.82) is 0 Å². The number of aryl methyl sites for hydroxylation is 3. The van der Waals surface area contributed by atoms with Gasteiger partial charge in [0.15, 0.2) is 0 Å². The van der Waals surface area contributed by atoms with E-state index >= 15 is 0 Å². The molecule has 0 atom stereocenters. The number of aromatic nitrogens is 1. The molecule has 0 fully saturated rings. The van der Waals surface area contributed by atoms with E-state index in [-0.39, 0.29) is 0 Å². The van der Waals surface area contributed by atoms with Gasteiger partial charge in [-0.2, -0.15) is 0 Å². The third-order valence-corrected chi connectivity index (χ3v) is 3.67. The molecule has 1 aromatic heterocycles. The summed E-state index contributed by atoms with van der Waals surface area (Å²) in [4.78, 5) is 4.41. The molecule has 0 spiro atoms. The molecule has 0 aliphatic heterocycles. The average molecular weight is 262 g/mol. The summed E-state index contributed by atoms with van der Waals surface area (Å²) in [6.45, 7) is 7.44. The van der Waals surface area contributed by atoms with Crippen molar-refractivity contribution >= 4 is 11.3 Å². The summed E-state index contributed by atoms with van der Waals surface area (Å²) in [5.74, 6) is 0.397. The highest BCUT2D eigenvalue weighted by molar-refractivity contribution is 7.09. The highest BCUT2D eigenvalue weighted by atomic mass is 32.1. The van der Waals surface area contributed by atoms with Crippen LogP contribution in [0, 0.1) is 20.8 Å².